The first-order valence-electron chi connectivity index (χ1n) is 8.56. The largest absolute Gasteiger partial charge is 0.269 e. The van der Waals surface area contributed by atoms with Gasteiger partial charge in [0, 0.05) is 0 Å². The van der Waals surface area contributed by atoms with Crippen molar-refractivity contribution in [3.8, 4) is 0 Å². The molecule has 0 saturated heterocycles. The average Bonchev–Trinajstić information content (AvgIpc) is 3.42. The van der Waals surface area contributed by atoms with Crippen molar-refractivity contribution in [3.63, 3.8) is 0 Å². The van der Waals surface area contributed by atoms with Crippen LogP contribution in [0.3, 0.4) is 0 Å². The summed E-state index contributed by atoms with van der Waals surface area (Å²) in [7, 11) is 9.00. The van der Waals surface area contributed by atoms with E-state index < -0.39 is 0 Å². The Bertz CT molecular complexity index is 577. The molecule has 0 aromatic carbocycles. The highest BCUT2D eigenvalue weighted by Crippen LogP contribution is 1.88. The molecular formula is C17H32F2I2N4S2+2. The number of nitrogens with zero attached hydrogens (tertiary/aromatic N) is 4. The van der Waals surface area contributed by atoms with Gasteiger partial charge in [0.1, 0.15) is 37.9 Å². The third-order valence-electron chi connectivity index (χ3n) is 3.02. The summed E-state index contributed by atoms with van der Waals surface area (Å²) in [6.07, 6.45) is 18.6. The number of hydrogen-bond donors (Lipinski definition) is 2. The first-order chi connectivity index (χ1) is 14.2. The number of unbranched alkanes of at least 4 members (excludes halogenated alkanes) is 1. The van der Waals surface area contributed by atoms with E-state index >= 15 is 0 Å². The van der Waals surface area contributed by atoms with Crippen LogP contribution in [0.2, 0.25) is 0 Å². The van der Waals surface area contributed by atoms with Crippen LogP contribution in [0.4, 0.5) is 9.44 Å². The maximum absolute atomic E-state index is 8.75. The predicted octanol–water partition coefficient (Wildman–Crippen LogP) is 5.10. The highest BCUT2D eigenvalue weighted by Gasteiger charge is 1.99. The van der Waals surface area contributed by atoms with Gasteiger partial charge in [-0.05, 0) is 48.8 Å². The Labute approximate surface area is 200 Å². The Morgan fingerprint density at radius 3 is 1.89 bits per heavy atom. The summed E-state index contributed by atoms with van der Waals surface area (Å²) in [5.41, 5.74) is 0. The van der Waals surface area contributed by atoms with Crippen molar-refractivity contribution in [2.45, 2.75) is 39.4 Å². The molecule has 0 bridgehead atoms. The Balaban J connectivity index is -0.000000163. The maximum Gasteiger partial charge on any atom is 0.269 e. The van der Waals surface area contributed by atoms with Crippen LogP contribution < -0.4 is 9.13 Å². The number of hydrogen-bond acceptors (Lipinski definition) is 2. The second-order valence-electron chi connectivity index (χ2n) is 5.06. The highest BCUT2D eigenvalue weighted by molar-refractivity contribution is 14.2. The Hall–Kier alpha value is -0.0800. The normalized spacial score (nSPS) is 8.59. The van der Waals surface area contributed by atoms with E-state index in [4.69, 9.17) is 9.44 Å². The van der Waals surface area contributed by atoms with Gasteiger partial charge in [0.15, 0.2) is 0 Å². The van der Waals surface area contributed by atoms with Gasteiger partial charge in [0.05, 0.1) is 13.6 Å². The van der Waals surface area contributed by atoms with E-state index in [-0.39, 0.29) is 0 Å². The van der Waals surface area contributed by atoms with Crippen molar-refractivity contribution in [1.82, 2.24) is 9.13 Å². The van der Waals surface area contributed by atoms with E-state index in [2.05, 4.69) is 75.0 Å². The molecular weight excluding hydrogens is 616 g/mol. The van der Waals surface area contributed by atoms with Crippen LogP contribution in [-0.4, -0.2) is 12.0 Å². The molecule has 0 fully saturated rings. The summed E-state index contributed by atoms with van der Waals surface area (Å²) in [6.45, 7) is 12.5. The number of allylic oxidation sites excluding steroid dienone is 2. The molecule has 0 aliphatic rings. The molecule has 4 nitrogen and oxygen atoms in total. The minimum Gasteiger partial charge on any atom is -0.269 e. The van der Waals surface area contributed by atoms with Gasteiger partial charge in [-0.3, -0.25) is 9.44 Å². The first-order valence-corrected chi connectivity index (χ1v) is 14.3. The van der Waals surface area contributed by atoms with E-state index in [1.807, 2.05) is 84.9 Å². The van der Waals surface area contributed by atoms with Gasteiger partial charge in [-0.2, -0.15) is 0 Å². The molecule has 0 unspecified atom stereocenters. The van der Waals surface area contributed by atoms with Crippen LogP contribution in [-0.2, 0) is 26.7 Å². The van der Waals surface area contributed by atoms with Crippen LogP contribution in [0.15, 0.2) is 62.8 Å². The lowest BCUT2D eigenvalue weighted by Gasteiger charge is -1.91. The van der Waals surface area contributed by atoms with Crippen LogP contribution in [0.5, 0.6) is 0 Å². The number of thiol groups is 2. The predicted molar refractivity (Wildman–Crippen MR) is 137 cm³/mol. The Morgan fingerprint density at radius 2 is 1.48 bits per heavy atom. The highest BCUT2D eigenvalue weighted by atomic mass is 127. The van der Waals surface area contributed by atoms with Gasteiger partial charge in [0.2, 0.25) is 12.7 Å². The lowest BCUT2D eigenvalue weighted by Crippen LogP contribution is -2.30. The number of aryl methyl sites for hydroxylation is 2. The quantitative estimate of drug-likeness (QED) is 0.180. The van der Waals surface area contributed by atoms with Crippen molar-refractivity contribution >= 4 is 62.0 Å². The molecule has 10 heteroatoms. The average molecular weight is 652 g/mol. The summed E-state index contributed by atoms with van der Waals surface area (Å²) < 4.78 is 34.4. The minimum absolute atomic E-state index is 0.890. The number of rotatable bonds is 7. The van der Waals surface area contributed by atoms with Crippen molar-refractivity contribution in [1.29, 1.82) is 2.90 Å². The van der Waals surface area contributed by atoms with Crippen molar-refractivity contribution < 1.29 is 18.6 Å². The number of imidazole rings is 2. The number of aromatic nitrogens is 4. The van der Waals surface area contributed by atoms with E-state index in [9.17, 15) is 0 Å². The zero-order valence-electron chi connectivity index (χ0n) is 17.8. The van der Waals surface area contributed by atoms with Crippen LogP contribution in [0, 0.1) is 0 Å². The van der Waals surface area contributed by atoms with Gasteiger partial charge in [-0.1, -0.05) is 38.7 Å². The first kappa shape index (κ1) is 29.1. The van der Waals surface area contributed by atoms with Gasteiger partial charge < -0.3 is 0 Å². The van der Waals surface area contributed by atoms with Crippen LogP contribution in [0.1, 0.15) is 19.8 Å². The van der Waals surface area contributed by atoms with E-state index in [0.717, 1.165) is 19.6 Å². The molecule has 0 spiro atoms. The SMILES string of the molecule is C=CCn1cc[n+](C)c1.C=CCn1cc[n+](CCCC)c1.SI.SI.[3H]F.[3H]F. The third kappa shape index (κ3) is 19.0. The lowest BCUT2D eigenvalue weighted by atomic mass is 10.3. The minimum atomic E-state index is 0.890. The molecule has 0 aliphatic carbocycles. The molecule has 2 heterocycles. The molecule has 2 aromatic rings. The molecule has 27 heavy (non-hydrogen) atoms. The van der Waals surface area contributed by atoms with Crippen LogP contribution >= 0.6 is 62.0 Å². The van der Waals surface area contributed by atoms with Crippen molar-refractivity contribution in [2.24, 2.45) is 7.05 Å². The van der Waals surface area contributed by atoms with E-state index in [1.54, 1.807) is 0 Å². The van der Waals surface area contributed by atoms with Gasteiger partial charge in [-0.25, -0.2) is 18.3 Å². The molecule has 0 saturated carbocycles. The van der Waals surface area contributed by atoms with Gasteiger partial charge >= 0.3 is 0 Å². The van der Waals surface area contributed by atoms with Crippen molar-refractivity contribution in [3.05, 3.63) is 62.8 Å². The lowest BCUT2D eigenvalue weighted by molar-refractivity contribution is -0.696. The number of halogens is 4. The fourth-order valence-electron chi connectivity index (χ4n) is 1.93. The molecule has 158 valence electrons. The smallest absolute Gasteiger partial charge is 0.269 e. The Morgan fingerprint density at radius 1 is 1.00 bits per heavy atom. The zero-order chi connectivity index (χ0) is 23.5. The summed E-state index contributed by atoms with van der Waals surface area (Å²) >= 11 is 3.69. The topological polar surface area (TPSA) is 17.6 Å². The van der Waals surface area contributed by atoms with E-state index in [0.29, 0.717) is 0 Å². The molecule has 0 amide bonds. The molecule has 0 N–H and O–H groups in total. The molecule has 2 rings (SSSR count). The van der Waals surface area contributed by atoms with Crippen LogP contribution in [0.25, 0.3) is 0 Å². The second kappa shape index (κ2) is 25.9. The molecule has 0 radical (unpaired) electrons. The fourth-order valence-corrected chi connectivity index (χ4v) is 1.93. The second-order valence-corrected chi connectivity index (χ2v) is 5.06. The van der Waals surface area contributed by atoms with E-state index in [1.165, 1.54) is 12.8 Å². The summed E-state index contributed by atoms with van der Waals surface area (Å²) in [5, 5.41) is 0. The molecule has 2 aromatic heterocycles. The maximum atomic E-state index is 8.75. The van der Waals surface area contributed by atoms with Gasteiger partial charge in [-0.15, -0.1) is 19.6 Å². The summed E-state index contributed by atoms with van der Waals surface area (Å²) in [6, 6.07) is 0. The Kier molecular flexibility index (Phi) is 28.0. The standard InChI is InChI=1S/C10H17N2.C7H11N2.2FH.2HIS/c1-3-5-7-12-9-8-11(10-12)6-4-2;1-3-4-9-6-5-8(2)7-9;;;2*1-2/h4,8-10H,2-3,5-7H2,1H3;3,5-7H,1,4H2,2H3;2*1H;2*2H/q2*+1;;;;/i/hT2. The van der Waals surface area contributed by atoms with Crippen molar-refractivity contribution in [2.75, 3.05) is 0 Å². The fraction of sp³-hybridized carbons (Fsp3) is 0.412. The molecule has 0 atom stereocenters. The van der Waals surface area contributed by atoms with Gasteiger partial charge in [0.25, 0.3) is 2.90 Å². The summed E-state index contributed by atoms with van der Waals surface area (Å²) in [4.78, 5) is 0. The zero-order valence-corrected chi connectivity index (χ0v) is 21.9. The molecule has 0 aliphatic heterocycles. The third-order valence-corrected chi connectivity index (χ3v) is 3.02. The summed E-state index contributed by atoms with van der Waals surface area (Å²) in [5.74, 6) is 0. The monoisotopic (exact) mass is 652 g/mol.